The molecule has 4 N–H and O–H groups in total. The second kappa shape index (κ2) is 8.00. The van der Waals surface area contributed by atoms with Gasteiger partial charge in [0.15, 0.2) is 0 Å². The van der Waals surface area contributed by atoms with Crippen LogP contribution in [0.15, 0.2) is 24.3 Å². The summed E-state index contributed by atoms with van der Waals surface area (Å²) in [6.45, 7) is 1.88. The number of amides is 2. The molecule has 6 heteroatoms. The van der Waals surface area contributed by atoms with Gasteiger partial charge in [-0.25, -0.2) is 0 Å². The van der Waals surface area contributed by atoms with E-state index in [2.05, 4.69) is 10.6 Å². The number of benzene rings is 1. The lowest BCUT2D eigenvalue weighted by Gasteiger charge is -2.08. The molecule has 0 bridgehead atoms. The highest BCUT2D eigenvalue weighted by Crippen LogP contribution is 2.30. The summed E-state index contributed by atoms with van der Waals surface area (Å²) in [6.07, 6.45) is 3.05. The van der Waals surface area contributed by atoms with Gasteiger partial charge in [0.1, 0.15) is 0 Å². The molecule has 0 aliphatic heterocycles. The Morgan fingerprint density at radius 1 is 1.19 bits per heavy atom. The number of anilines is 2. The van der Waals surface area contributed by atoms with Crippen molar-refractivity contribution in [2.45, 2.75) is 38.6 Å². The van der Waals surface area contributed by atoms with E-state index >= 15 is 0 Å². The number of nitrogens with one attached hydrogen (secondary N) is 2. The second-order valence-electron chi connectivity index (χ2n) is 5.41. The molecule has 1 fully saturated rings. The van der Waals surface area contributed by atoms with Crippen LogP contribution in [0.3, 0.4) is 0 Å². The van der Waals surface area contributed by atoms with Gasteiger partial charge in [0, 0.05) is 29.8 Å². The first-order valence-electron chi connectivity index (χ1n) is 7.01. The first-order chi connectivity index (χ1) is 9.54. The van der Waals surface area contributed by atoms with E-state index in [1.807, 2.05) is 6.92 Å². The highest BCUT2D eigenvalue weighted by molar-refractivity contribution is 5.95. The zero-order valence-corrected chi connectivity index (χ0v) is 12.9. The Morgan fingerprint density at radius 2 is 1.71 bits per heavy atom. The molecule has 1 atom stereocenters. The van der Waals surface area contributed by atoms with Gasteiger partial charge in [-0.05, 0) is 50.5 Å². The van der Waals surface area contributed by atoms with Crippen LogP contribution in [0.1, 0.15) is 32.6 Å². The zero-order chi connectivity index (χ0) is 14.5. The van der Waals surface area contributed by atoms with E-state index in [4.69, 9.17) is 5.73 Å². The third-order valence-electron chi connectivity index (χ3n) is 3.21. The summed E-state index contributed by atoms with van der Waals surface area (Å²) in [6, 6.07) is 7.18. The van der Waals surface area contributed by atoms with E-state index in [9.17, 15) is 9.59 Å². The van der Waals surface area contributed by atoms with Crippen molar-refractivity contribution in [3.8, 4) is 0 Å². The molecule has 1 aromatic rings. The molecule has 0 saturated heterocycles. The molecular formula is C15H22ClN3O2. The van der Waals surface area contributed by atoms with Gasteiger partial charge in [-0.15, -0.1) is 12.4 Å². The second-order valence-corrected chi connectivity index (χ2v) is 5.41. The van der Waals surface area contributed by atoms with Crippen molar-refractivity contribution in [1.29, 1.82) is 0 Å². The van der Waals surface area contributed by atoms with Crippen LogP contribution in [0.2, 0.25) is 0 Å². The Hall–Kier alpha value is -1.59. The molecule has 1 aromatic carbocycles. The SMILES string of the molecule is CC(N)CCC(=O)Nc1ccc(NC(=O)C2CC2)cc1.Cl. The molecule has 2 rings (SSSR count). The van der Waals surface area contributed by atoms with Gasteiger partial charge in [0.2, 0.25) is 11.8 Å². The highest BCUT2D eigenvalue weighted by atomic mass is 35.5. The molecule has 0 aromatic heterocycles. The van der Waals surface area contributed by atoms with Crippen molar-refractivity contribution in [2.75, 3.05) is 10.6 Å². The Labute approximate surface area is 131 Å². The fourth-order valence-electron chi connectivity index (χ4n) is 1.81. The molecule has 1 aliphatic carbocycles. The molecule has 0 radical (unpaired) electrons. The van der Waals surface area contributed by atoms with Crippen molar-refractivity contribution in [1.82, 2.24) is 0 Å². The van der Waals surface area contributed by atoms with Crippen LogP contribution >= 0.6 is 12.4 Å². The molecule has 21 heavy (non-hydrogen) atoms. The van der Waals surface area contributed by atoms with E-state index in [1.54, 1.807) is 24.3 Å². The summed E-state index contributed by atoms with van der Waals surface area (Å²) >= 11 is 0. The first kappa shape index (κ1) is 17.5. The molecule has 1 unspecified atom stereocenters. The predicted octanol–water partition coefficient (Wildman–Crippen LogP) is 2.52. The third-order valence-corrected chi connectivity index (χ3v) is 3.21. The monoisotopic (exact) mass is 311 g/mol. The smallest absolute Gasteiger partial charge is 0.227 e. The molecule has 2 amide bonds. The standard InChI is InChI=1S/C15H21N3O2.ClH/c1-10(16)2-9-14(19)17-12-5-7-13(8-6-12)18-15(20)11-3-4-11;/h5-8,10-11H,2-4,9,16H2,1H3,(H,17,19)(H,18,20);1H. The molecule has 1 saturated carbocycles. The van der Waals surface area contributed by atoms with Gasteiger partial charge in [0.05, 0.1) is 0 Å². The largest absolute Gasteiger partial charge is 0.328 e. The Kier molecular flexibility index (Phi) is 6.65. The highest BCUT2D eigenvalue weighted by Gasteiger charge is 2.29. The van der Waals surface area contributed by atoms with Crippen molar-refractivity contribution in [2.24, 2.45) is 11.7 Å². The Balaban J connectivity index is 0.00000220. The van der Waals surface area contributed by atoms with Gasteiger partial charge in [0.25, 0.3) is 0 Å². The minimum Gasteiger partial charge on any atom is -0.328 e. The van der Waals surface area contributed by atoms with Crippen molar-refractivity contribution >= 4 is 35.6 Å². The number of hydrogen-bond donors (Lipinski definition) is 3. The van der Waals surface area contributed by atoms with E-state index in [1.165, 1.54) is 0 Å². The van der Waals surface area contributed by atoms with E-state index in [0.29, 0.717) is 12.8 Å². The minimum absolute atomic E-state index is 0. The summed E-state index contributed by atoms with van der Waals surface area (Å²) in [7, 11) is 0. The van der Waals surface area contributed by atoms with Gasteiger partial charge >= 0.3 is 0 Å². The molecule has 0 heterocycles. The zero-order valence-electron chi connectivity index (χ0n) is 12.1. The number of halogens is 1. The molecule has 0 spiro atoms. The number of carbonyl (C=O) groups is 2. The van der Waals surface area contributed by atoms with Crippen molar-refractivity contribution < 1.29 is 9.59 Å². The number of hydrogen-bond acceptors (Lipinski definition) is 3. The maximum Gasteiger partial charge on any atom is 0.227 e. The Morgan fingerprint density at radius 3 is 2.19 bits per heavy atom. The summed E-state index contributed by atoms with van der Waals surface area (Å²) in [4.78, 5) is 23.2. The lowest BCUT2D eigenvalue weighted by atomic mass is 10.2. The summed E-state index contributed by atoms with van der Waals surface area (Å²) in [5.74, 6) is 0.225. The van der Waals surface area contributed by atoms with Gasteiger partial charge in [-0.3, -0.25) is 9.59 Å². The van der Waals surface area contributed by atoms with E-state index in [-0.39, 0.29) is 36.2 Å². The molecular weight excluding hydrogens is 290 g/mol. The van der Waals surface area contributed by atoms with Crippen LogP contribution in [0.4, 0.5) is 11.4 Å². The lowest BCUT2D eigenvalue weighted by Crippen LogP contribution is -2.19. The molecule has 1 aliphatic rings. The minimum atomic E-state index is -0.0444. The molecule has 116 valence electrons. The number of nitrogens with two attached hydrogens (primary N) is 1. The topological polar surface area (TPSA) is 84.2 Å². The quantitative estimate of drug-likeness (QED) is 0.754. The average Bonchev–Trinajstić information content (AvgIpc) is 3.23. The van der Waals surface area contributed by atoms with Crippen molar-refractivity contribution in [3.05, 3.63) is 24.3 Å². The number of rotatable bonds is 6. The van der Waals surface area contributed by atoms with Crippen LogP contribution in [-0.2, 0) is 9.59 Å². The normalized spacial score (nSPS) is 14.8. The van der Waals surface area contributed by atoms with Crippen LogP contribution in [0, 0.1) is 5.92 Å². The third kappa shape index (κ3) is 6.14. The van der Waals surface area contributed by atoms with Crippen molar-refractivity contribution in [3.63, 3.8) is 0 Å². The summed E-state index contributed by atoms with van der Waals surface area (Å²) < 4.78 is 0. The number of carbonyl (C=O) groups excluding carboxylic acids is 2. The predicted molar refractivity (Wildman–Crippen MR) is 86.6 cm³/mol. The summed E-state index contributed by atoms with van der Waals surface area (Å²) in [5.41, 5.74) is 7.10. The van der Waals surface area contributed by atoms with Crippen LogP contribution in [0.5, 0.6) is 0 Å². The first-order valence-corrected chi connectivity index (χ1v) is 7.01. The fourth-order valence-corrected chi connectivity index (χ4v) is 1.81. The maximum absolute atomic E-state index is 11.6. The van der Waals surface area contributed by atoms with Crippen LogP contribution in [-0.4, -0.2) is 17.9 Å². The van der Waals surface area contributed by atoms with Gasteiger partial charge in [-0.2, -0.15) is 0 Å². The average molecular weight is 312 g/mol. The van der Waals surface area contributed by atoms with E-state index < -0.39 is 0 Å². The Bertz CT molecular complexity index is 484. The summed E-state index contributed by atoms with van der Waals surface area (Å²) in [5, 5.41) is 5.66. The fraction of sp³-hybridized carbons (Fsp3) is 0.467. The molecule has 5 nitrogen and oxygen atoms in total. The maximum atomic E-state index is 11.6. The van der Waals surface area contributed by atoms with Crippen LogP contribution < -0.4 is 16.4 Å². The van der Waals surface area contributed by atoms with Gasteiger partial charge in [-0.1, -0.05) is 0 Å². The van der Waals surface area contributed by atoms with E-state index in [0.717, 1.165) is 24.2 Å². The lowest BCUT2D eigenvalue weighted by molar-refractivity contribution is -0.117. The van der Waals surface area contributed by atoms with Crippen LogP contribution in [0.25, 0.3) is 0 Å². The van der Waals surface area contributed by atoms with Gasteiger partial charge < -0.3 is 16.4 Å².